The van der Waals surface area contributed by atoms with E-state index in [1.54, 1.807) is 0 Å². The first kappa shape index (κ1) is 11.5. The van der Waals surface area contributed by atoms with Gasteiger partial charge < -0.3 is 0 Å². The zero-order valence-corrected chi connectivity index (χ0v) is 9.04. The van der Waals surface area contributed by atoms with Crippen molar-refractivity contribution >= 4 is 6.21 Å². The Labute approximate surface area is 76.6 Å². The predicted octanol–water partition coefficient (Wildman–Crippen LogP) is 2.75. The van der Waals surface area contributed by atoms with E-state index in [4.69, 9.17) is 0 Å². The number of rotatable bonds is 5. The first-order valence-electron chi connectivity index (χ1n) is 4.87. The van der Waals surface area contributed by atoms with Crippen LogP contribution in [0.15, 0.2) is 5.10 Å². The van der Waals surface area contributed by atoms with E-state index in [-0.39, 0.29) is 0 Å². The van der Waals surface area contributed by atoms with Crippen molar-refractivity contribution in [1.29, 1.82) is 0 Å². The van der Waals surface area contributed by atoms with Gasteiger partial charge >= 0.3 is 0 Å². The summed E-state index contributed by atoms with van der Waals surface area (Å²) in [4.78, 5) is 0. The smallest absolute Gasteiger partial charge is 0.0414 e. The Bertz CT molecular complexity index is 128. The molecule has 0 aromatic carbocycles. The molecule has 0 rings (SSSR count). The maximum absolute atomic E-state index is 4.39. The van der Waals surface area contributed by atoms with Gasteiger partial charge in [-0.05, 0) is 26.2 Å². The molecule has 2 heteroatoms. The Kier molecular flexibility index (Phi) is 5.77. The molecule has 0 spiro atoms. The Morgan fingerprint density at radius 3 is 2.17 bits per heavy atom. The van der Waals surface area contributed by atoms with Crippen molar-refractivity contribution < 1.29 is 0 Å². The minimum Gasteiger partial charge on any atom is -0.295 e. The lowest BCUT2D eigenvalue weighted by atomic mass is 10.2. The van der Waals surface area contributed by atoms with Crippen LogP contribution < -0.4 is 0 Å². The van der Waals surface area contributed by atoms with E-state index in [0.29, 0.717) is 12.0 Å². The van der Waals surface area contributed by atoms with Gasteiger partial charge in [-0.25, -0.2) is 0 Å². The Morgan fingerprint density at radius 1 is 1.25 bits per heavy atom. The third kappa shape index (κ3) is 5.16. The van der Waals surface area contributed by atoms with Gasteiger partial charge in [-0.15, -0.1) is 0 Å². The molecule has 0 aliphatic heterocycles. The summed E-state index contributed by atoms with van der Waals surface area (Å²) in [6.45, 7) is 11.9. The molecule has 0 fully saturated rings. The molecule has 0 unspecified atom stereocenters. The Balaban J connectivity index is 3.95. The van der Waals surface area contributed by atoms with Gasteiger partial charge in [0.25, 0.3) is 0 Å². The lowest BCUT2D eigenvalue weighted by Gasteiger charge is -2.24. The normalized spacial score (nSPS) is 11.9. The molecule has 0 N–H and O–H groups in total. The summed E-state index contributed by atoms with van der Waals surface area (Å²) in [6.07, 6.45) is 2.99. The standard InChI is InChI=1S/C10H22N2/c1-6-7-11-12(10(4)5)8-9(2)3/h7,9-10H,6,8H2,1-5H3/b11-7-. The number of hydrazone groups is 1. The fourth-order valence-electron chi connectivity index (χ4n) is 0.952. The minimum absolute atomic E-state index is 0.509. The highest BCUT2D eigenvalue weighted by Gasteiger charge is 2.06. The Hall–Kier alpha value is -0.530. The molecule has 0 amide bonds. The van der Waals surface area contributed by atoms with Crippen molar-refractivity contribution in [2.75, 3.05) is 6.54 Å². The number of hydrogen-bond acceptors (Lipinski definition) is 2. The average molecular weight is 170 g/mol. The molecule has 2 nitrogen and oxygen atoms in total. The lowest BCUT2D eigenvalue weighted by molar-refractivity contribution is 0.207. The van der Waals surface area contributed by atoms with Gasteiger partial charge in [0.2, 0.25) is 0 Å². The third-order valence-corrected chi connectivity index (χ3v) is 1.56. The number of hydrogen-bond donors (Lipinski definition) is 0. The van der Waals surface area contributed by atoms with Crippen LogP contribution in [-0.4, -0.2) is 23.8 Å². The molecule has 0 aliphatic carbocycles. The summed E-state index contributed by atoms with van der Waals surface area (Å²) in [5.74, 6) is 0.682. The van der Waals surface area contributed by atoms with Crippen LogP contribution in [-0.2, 0) is 0 Å². The van der Waals surface area contributed by atoms with Gasteiger partial charge in [0.15, 0.2) is 0 Å². The van der Waals surface area contributed by atoms with Crippen molar-refractivity contribution in [3.05, 3.63) is 0 Å². The molecule has 0 aromatic heterocycles. The highest BCUT2D eigenvalue weighted by molar-refractivity contribution is 5.56. The van der Waals surface area contributed by atoms with Crippen LogP contribution in [0.3, 0.4) is 0 Å². The second-order valence-corrected chi connectivity index (χ2v) is 3.82. The van der Waals surface area contributed by atoms with Crippen LogP contribution in [0.4, 0.5) is 0 Å². The van der Waals surface area contributed by atoms with Gasteiger partial charge in [0, 0.05) is 18.8 Å². The van der Waals surface area contributed by atoms with E-state index in [9.17, 15) is 0 Å². The van der Waals surface area contributed by atoms with E-state index in [0.717, 1.165) is 13.0 Å². The van der Waals surface area contributed by atoms with Gasteiger partial charge in [-0.3, -0.25) is 5.01 Å². The zero-order valence-electron chi connectivity index (χ0n) is 9.04. The van der Waals surface area contributed by atoms with Crippen LogP contribution in [0.25, 0.3) is 0 Å². The molecular formula is C10H22N2. The van der Waals surface area contributed by atoms with E-state index in [1.165, 1.54) is 0 Å². The predicted molar refractivity (Wildman–Crippen MR) is 55.5 cm³/mol. The Morgan fingerprint density at radius 2 is 1.83 bits per heavy atom. The molecule has 0 saturated carbocycles. The van der Waals surface area contributed by atoms with E-state index in [2.05, 4.69) is 44.7 Å². The van der Waals surface area contributed by atoms with E-state index >= 15 is 0 Å². The molecule has 0 bridgehead atoms. The maximum atomic E-state index is 4.39. The van der Waals surface area contributed by atoms with Crippen LogP contribution in [0.5, 0.6) is 0 Å². The van der Waals surface area contributed by atoms with Crippen LogP contribution in [0.2, 0.25) is 0 Å². The molecule has 0 radical (unpaired) electrons. The summed E-state index contributed by atoms with van der Waals surface area (Å²) in [6, 6.07) is 0.509. The molecule has 72 valence electrons. The van der Waals surface area contributed by atoms with E-state index < -0.39 is 0 Å². The monoisotopic (exact) mass is 170 g/mol. The molecule has 0 aromatic rings. The highest BCUT2D eigenvalue weighted by Crippen LogP contribution is 2.03. The molecular weight excluding hydrogens is 148 g/mol. The molecule has 0 saturated heterocycles. The number of nitrogens with zero attached hydrogens (tertiary/aromatic N) is 2. The van der Waals surface area contributed by atoms with Crippen LogP contribution >= 0.6 is 0 Å². The van der Waals surface area contributed by atoms with Gasteiger partial charge in [0.1, 0.15) is 0 Å². The fourth-order valence-corrected chi connectivity index (χ4v) is 0.952. The second-order valence-electron chi connectivity index (χ2n) is 3.82. The highest BCUT2D eigenvalue weighted by atomic mass is 15.5. The summed E-state index contributed by atoms with van der Waals surface area (Å²) >= 11 is 0. The van der Waals surface area contributed by atoms with Crippen molar-refractivity contribution in [2.45, 2.75) is 47.1 Å². The minimum atomic E-state index is 0.509. The first-order valence-corrected chi connectivity index (χ1v) is 4.87. The van der Waals surface area contributed by atoms with Crippen molar-refractivity contribution in [3.8, 4) is 0 Å². The second kappa shape index (κ2) is 6.04. The van der Waals surface area contributed by atoms with E-state index in [1.807, 2.05) is 6.21 Å². The fraction of sp³-hybridized carbons (Fsp3) is 0.900. The SMILES string of the molecule is CC/C=N\N(CC(C)C)C(C)C. The third-order valence-electron chi connectivity index (χ3n) is 1.56. The van der Waals surface area contributed by atoms with Gasteiger partial charge in [0.05, 0.1) is 0 Å². The molecule has 0 aliphatic rings. The molecule has 0 heterocycles. The average Bonchev–Trinajstić information content (AvgIpc) is 1.96. The quantitative estimate of drug-likeness (QED) is 0.457. The van der Waals surface area contributed by atoms with Gasteiger partial charge in [-0.2, -0.15) is 5.10 Å². The van der Waals surface area contributed by atoms with Crippen LogP contribution in [0.1, 0.15) is 41.0 Å². The van der Waals surface area contributed by atoms with Crippen molar-refractivity contribution in [2.24, 2.45) is 11.0 Å². The molecule has 0 atom stereocenters. The maximum Gasteiger partial charge on any atom is 0.0414 e. The summed E-state index contributed by atoms with van der Waals surface area (Å²) < 4.78 is 0. The van der Waals surface area contributed by atoms with Crippen LogP contribution in [0, 0.1) is 5.92 Å². The molecule has 12 heavy (non-hydrogen) atoms. The van der Waals surface area contributed by atoms with Gasteiger partial charge in [-0.1, -0.05) is 20.8 Å². The summed E-state index contributed by atoms with van der Waals surface area (Å²) in [5, 5.41) is 6.54. The lowest BCUT2D eigenvalue weighted by Crippen LogP contribution is -2.29. The first-order chi connectivity index (χ1) is 5.57. The summed E-state index contributed by atoms with van der Waals surface area (Å²) in [5.41, 5.74) is 0. The summed E-state index contributed by atoms with van der Waals surface area (Å²) in [7, 11) is 0. The topological polar surface area (TPSA) is 15.6 Å². The van der Waals surface area contributed by atoms with Crippen molar-refractivity contribution in [3.63, 3.8) is 0 Å². The largest absolute Gasteiger partial charge is 0.295 e. The zero-order chi connectivity index (χ0) is 9.56. The van der Waals surface area contributed by atoms with Crippen molar-refractivity contribution in [1.82, 2.24) is 5.01 Å².